The zero-order valence-electron chi connectivity index (χ0n) is 4.11. The monoisotopic (exact) mass is 156 g/mol. The van der Waals surface area contributed by atoms with Gasteiger partial charge in [0, 0.05) is 0 Å². The minimum Gasteiger partial charge on any atom is -0.344 e. The van der Waals surface area contributed by atoms with Gasteiger partial charge in [-0.25, -0.2) is 0 Å². The fraction of sp³-hybridized carbons (Fsp3) is 1.00. The van der Waals surface area contributed by atoms with E-state index in [9.17, 15) is 0 Å². The second-order valence-corrected chi connectivity index (χ2v) is 0.789. The first kappa shape index (κ1) is 16.1. The predicted octanol–water partition coefficient (Wildman–Crippen LogP) is 1.09. The van der Waals surface area contributed by atoms with Crippen molar-refractivity contribution < 1.29 is 0 Å². The van der Waals surface area contributed by atoms with Crippen molar-refractivity contribution in [2.75, 3.05) is 6.54 Å². The Morgan fingerprint density at radius 2 is 1.67 bits per heavy atom. The fourth-order valence-electron chi connectivity index (χ4n) is 0. The maximum absolute atomic E-state index is 5.03. The van der Waals surface area contributed by atoms with Gasteiger partial charge in [0.2, 0.25) is 0 Å². The van der Waals surface area contributed by atoms with Crippen LogP contribution in [-0.4, -0.2) is 6.54 Å². The molecule has 6 heavy (non-hydrogen) atoms. The molecule has 0 heterocycles. The summed E-state index contributed by atoms with van der Waals surface area (Å²) in [6.07, 6.45) is 1.10. The Balaban J connectivity index is -0.0000000450. The van der Waals surface area contributed by atoms with Crippen molar-refractivity contribution in [2.24, 2.45) is 5.73 Å². The van der Waals surface area contributed by atoms with Gasteiger partial charge in [-0.3, -0.25) is 0 Å². The molecule has 0 aromatic rings. The topological polar surface area (TPSA) is 61.0 Å². The Morgan fingerprint density at radius 1 is 1.50 bits per heavy atom. The molecule has 0 fully saturated rings. The molecule has 2 nitrogen and oxygen atoms in total. The third kappa shape index (κ3) is 26.0. The molecule has 5 N–H and O–H groups in total. The molecule has 0 radical (unpaired) electrons. The van der Waals surface area contributed by atoms with Gasteiger partial charge in [0.15, 0.2) is 0 Å². The summed E-state index contributed by atoms with van der Waals surface area (Å²) in [4.78, 5) is 0. The molecule has 42 valence electrons. The number of hydrogen-bond acceptors (Lipinski definition) is 2. The molecule has 0 rings (SSSR count). The van der Waals surface area contributed by atoms with Crippen LogP contribution in [0, 0.1) is 0 Å². The summed E-state index contributed by atoms with van der Waals surface area (Å²) >= 11 is 0. The van der Waals surface area contributed by atoms with E-state index in [0.717, 1.165) is 13.0 Å². The van der Waals surface area contributed by atoms with E-state index < -0.39 is 0 Å². The van der Waals surface area contributed by atoms with Crippen LogP contribution in [0.25, 0.3) is 0 Å². The lowest BCUT2D eigenvalue weighted by atomic mass is 10.5. The van der Waals surface area contributed by atoms with Crippen molar-refractivity contribution in [2.45, 2.75) is 13.3 Å². The van der Waals surface area contributed by atoms with E-state index >= 15 is 0 Å². The Labute approximate surface area is 49.5 Å². The molecule has 0 atom stereocenters. The molecule has 0 aliphatic carbocycles. The van der Waals surface area contributed by atoms with Crippen LogP contribution < -0.4 is 11.9 Å². The minimum atomic E-state index is 0. The van der Waals surface area contributed by atoms with Crippen LogP contribution in [0.2, 0.25) is 0 Å². The van der Waals surface area contributed by atoms with Crippen molar-refractivity contribution in [1.29, 1.82) is 0 Å². The maximum atomic E-state index is 5.03. The number of rotatable bonds is 1. The maximum Gasteiger partial charge on any atom is -0.00799 e. The number of nitrogens with two attached hydrogens (primary N) is 1. The second-order valence-electron chi connectivity index (χ2n) is 0.789. The average Bonchev–Trinajstić information content (AvgIpc) is 1.37. The van der Waals surface area contributed by atoms with E-state index in [0.29, 0.717) is 0 Å². The zero-order valence-corrected chi connectivity index (χ0v) is 5.82. The molecule has 3 heteroatoms. The van der Waals surface area contributed by atoms with Crippen LogP contribution in [0.4, 0.5) is 0 Å². The molecule has 0 unspecified atom stereocenters. The summed E-state index contributed by atoms with van der Waals surface area (Å²) < 4.78 is 0. The first-order valence-electron chi connectivity index (χ1n) is 1.62. The lowest BCUT2D eigenvalue weighted by molar-refractivity contribution is 0.932. The molecule has 0 saturated carbocycles. The number of halogens is 1. The summed E-state index contributed by atoms with van der Waals surface area (Å²) in [5.41, 5.74) is 5.03. The van der Waals surface area contributed by atoms with Gasteiger partial charge in [-0.2, -0.15) is 0 Å². The van der Waals surface area contributed by atoms with Crippen LogP contribution in [0.3, 0.4) is 0 Å². The highest BCUT2D eigenvalue weighted by Gasteiger charge is 1.55. The van der Waals surface area contributed by atoms with Crippen LogP contribution in [0.15, 0.2) is 0 Å². The Hall–Kier alpha value is 0.400. The molecule has 0 bridgehead atoms. The summed E-state index contributed by atoms with van der Waals surface area (Å²) in [5.74, 6) is 0. The third-order valence-electron chi connectivity index (χ3n) is 0.289. The highest BCUT2D eigenvalue weighted by Crippen LogP contribution is 1.57. The van der Waals surface area contributed by atoms with Crippen LogP contribution >= 0.6 is 17.0 Å². The van der Waals surface area contributed by atoms with Crippen LogP contribution in [0.1, 0.15) is 13.3 Å². The van der Waals surface area contributed by atoms with E-state index in [1.54, 1.807) is 0 Å². The van der Waals surface area contributed by atoms with Gasteiger partial charge in [0.1, 0.15) is 0 Å². The quantitative estimate of drug-likeness (QED) is 0.598. The molecule has 0 aromatic carbocycles. The van der Waals surface area contributed by atoms with E-state index in [1.807, 2.05) is 0 Å². The van der Waals surface area contributed by atoms with Gasteiger partial charge in [0.25, 0.3) is 0 Å². The highest BCUT2D eigenvalue weighted by molar-refractivity contribution is 8.93. The molecular formula is C3H13BrN2. The smallest absolute Gasteiger partial charge is 0.00799 e. The lowest BCUT2D eigenvalue weighted by Gasteiger charge is -1.70. The summed E-state index contributed by atoms with van der Waals surface area (Å²) in [5, 5.41) is 0. The molecular weight excluding hydrogens is 144 g/mol. The Morgan fingerprint density at radius 3 is 1.67 bits per heavy atom. The van der Waals surface area contributed by atoms with Gasteiger partial charge in [-0.1, -0.05) is 6.92 Å². The molecule has 0 aliphatic rings. The van der Waals surface area contributed by atoms with Gasteiger partial charge >= 0.3 is 0 Å². The van der Waals surface area contributed by atoms with Crippen molar-refractivity contribution in [3.05, 3.63) is 0 Å². The molecule has 0 aromatic heterocycles. The SMILES string of the molecule is Br.CCCN.N. The van der Waals surface area contributed by atoms with Crippen LogP contribution in [0.5, 0.6) is 0 Å². The van der Waals surface area contributed by atoms with E-state index in [4.69, 9.17) is 5.73 Å². The van der Waals surface area contributed by atoms with Crippen molar-refractivity contribution in [3.8, 4) is 0 Å². The predicted molar refractivity (Wildman–Crippen MR) is 34.7 cm³/mol. The van der Waals surface area contributed by atoms with Crippen molar-refractivity contribution >= 4 is 17.0 Å². The molecule has 0 saturated heterocycles. The third-order valence-corrected chi connectivity index (χ3v) is 0.289. The minimum absolute atomic E-state index is 0. The molecule has 0 amide bonds. The average molecular weight is 157 g/mol. The molecule has 0 aliphatic heterocycles. The van der Waals surface area contributed by atoms with E-state index in [1.165, 1.54) is 0 Å². The first-order valence-corrected chi connectivity index (χ1v) is 1.62. The summed E-state index contributed by atoms with van der Waals surface area (Å²) in [6, 6.07) is 0. The van der Waals surface area contributed by atoms with Gasteiger partial charge in [-0.05, 0) is 13.0 Å². The summed E-state index contributed by atoms with van der Waals surface area (Å²) in [6.45, 7) is 2.88. The first-order chi connectivity index (χ1) is 1.91. The molecule has 0 spiro atoms. The normalized spacial score (nSPS) is 5.00. The fourth-order valence-corrected chi connectivity index (χ4v) is 0. The summed E-state index contributed by atoms with van der Waals surface area (Å²) in [7, 11) is 0. The Bertz CT molecular complexity index is 10.8. The largest absolute Gasteiger partial charge is 0.344 e. The highest BCUT2D eigenvalue weighted by atomic mass is 79.9. The van der Waals surface area contributed by atoms with Crippen LogP contribution in [-0.2, 0) is 0 Å². The van der Waals surface area contributed by atoms with Gasteiger partial charge < -0.3 is 11.9 Å². The Kier molecular flexibility index (Phi) is 48.8. The second kappa shape index (κ2) is 18.2. The van der Waals surface area contributed by atoms with Crippen molar-refractivity contribution in [3.63, 3.8) is 0 Å². The van der Waals surface area contributed by atoms with E-state index in [-0.39, 0.29) is 23.1 Å². The number of hydrogen-bond donors (Lipinski definition) is 2. The lowest BCUT2D eigenvalue weighted by Crippen LogP contribution is -1.93. The van der Waals surface area contributed by atoms with Crippen molar-refractivity contribution in [1.82, 2.24) is 6.15 Å². The van der Waals surface area contributed by atoms with Gasteiger partial charge in [-0.15, -0.1) is 17.0 Å². The van der Waals surface area contributed by atoms with Gasteiger partial charge in [0.05, 0.1) is 0 Å². The zero-order chi connectivity index (χ0) is 3.41. The standard InChI is InChI=1S/C3H9N.BrH.H3N/c1-2-3-4;;/h2-4H2,1H3;1H;1H3. The van der Waals surface area contributed by atoms with E-state index in [2.05, 4.69) is 6.92 Å².